The Labute approximate surface area is 57.5 Å². The Morgan fingerprint density at radius 3 is 2.80 bits per heavy atom. The minimum absolute atomic E-state index is 0.0765. The fraction of sp³-hybridized carbons (Fsp3) is 0.400. The van der Waals surface area contributed by atoms with Crippen LogP contribution in [0.15, 0.2) is 11.9 Å². The minimum Gasteiger partial charge on any atom is -0.465 e. The third-order valence-corrected chi connectivity index (χ3v) is 0.748. The first-order valence-electron chi connectivity index (χ1n) is 2.68. The van der Waals surface area contributed by atoms with Crippen LogP contribution in [0.2, 0.25) is 0 Å². The normalized spacial score (nSPS) is 11.2. The van der Waals surface area contributed by atoms with Crippen molar-refractivity contribution in [2.45, 2.75) is 0 Å². The Morgan fingerprint density at radius 1 is 1.80 bits per heavy atom. The average Bonchev–Trinajstić information content (AvgIpc) is 1.85. The van der Waals surface area contributed by atoms with Crippen molar-refractivity contribution >= 4 is 6.09 Å². The molecule has 0 radical (unpaired) electrons. The summed E-state index contributed by atoms with van der Waals surface area (Å²) in [7, 11) is 0. The summed E-state index contributed by atoms with van der Waals surface area (Å²) in [6.45, 7) is -0.236. The van der Waals surface area contributed by atoms with E-state index in [9.17, 15) is 9.18 Å². The maximum absolute atomic E-state index is 12.2. The van der Waals surface area contributed by atoms with Gasteiger partial charge in [0.25, 0.3) is 0 Å². The standard InChI is InChI=1S/C5H9FN2O2/c6-4(1-2-7)3-8-5(9)10/h1,8H,2-3,7H2,(H,9,10). The Bertz CT molecular complexity index is 147. The zero-order chi connectivity index (χ0) is 7.98. The van der Waals surface area contributed by atoms with E-state index in [4.69, 9.17) is 10.8 Å². The summed E-state index contributed by atoms with van der Waals surface area (Å²) in [4.78, 5) is 9.77. The predicted molar refractivity (Wildman–Crippen MR) is 34.3 cm³/mol. The number of rotatable bonds is 3. The van der Waals surface area contributed by atoms with Crippen LogP contribution in [0.4, 0.5) is 9.18 Å². The minimum atomic E-state index is -1.25. The maximum Gasteiger partial charge on any atom is 0.405 e. The van der Waals surface area contributed by atoms with Crippen molar-refractivity contribution in [1.82, 2.24) is 5.32 Å². The van der Waals surface area contributed by atoms with Crippen LogP contribution in [-0.4, -0.2) is 24.3 Å². The number of nitrogens with two attached hydrogens (primary N) is 1. The van der Waals surface area contributed by atoms with Gasteiger partial charge in [0.15, 0.2) is 0 Å². The number of halogens is 1. The van der Waals surface area contributed by atoms with E-state index < -0.39 is 11.9 Å². The summed E-state index contributed by atoms with van der Waals surface area (Å²) >= 11 is 0. The Morgan fingerprint density at radius 2 is 2.40 bits per heavy atom. The molecule has 0 saturated carbocycles. The quantitative estimate of drug-likeness (QED) is 0.530. The molecule has 0 rings (SSSR count). The molecule has 0 bridgehead atoms. The van der Waals surface area contributed by atoms with E-state index in [0.29, 0.717) is 0 Å². The van der Waals surface area contributed by atoms with Crippen molar-refractivity contribution < 1.29 is 14.3 Å². The molecule has 0 aromatic rings. The smallest absolute Gasteiger partial charge is 0.405 e. The van der Waals surface area contributed by atoms with E-state index in [2.05, 4.69) is 0 Å². The molecule has 10 heavy (non-hydrogen) atoms. The summed E-state index contributed by atoms with van der Waals surface area (Å²) < 4.78 is 12.2. The van der Waals surface area contributed by atoms with Crippen LogP contribution in [0.25, 0.3) is 0 Å². The van der Waals surface area contributed by atoms with Crippen molar-refractivity contribution in [3.8, 4) is 0 Å². The molecule has 4 N–H and O–H groups in total. The molecule has 0 spiro atoms. The van der Waals surface area contributed by atoms with Gasteiger partial charge in [-0.2, -0.15) is 0 Å². The maximum atomic E-state index is 12.2. The highest BCUT2D eigenvalue weighted by atomic mass is 19.1. The topological polar surface area (TPSA) is 75.3 Å². The molecule has 5 heteroatoms. The summed E-state index contributed by atoms with van der Waals surface area (Å²) in [5.41, 5.74) is 4.94. The highest BCUT2D eigenvalue weighted by molar-refractivity contribution is 5.64. The fourth-order valence-electron chi connectivity index (χ4n) is 0.360. The molecule has 0 aliphatic rings. The molecule has 0 atom stereocenters. The molecule has 0 unspecified atom stereocenters. The molecule has 0 aromatic heterocycles. The monoisotopic (exact) mass is 148 g/mol. The number of carboxylic acid groups (broad SMARTS) is 1. The van der Waals surface area contributed by atoms with Crippen molar-refractivity contribution in [3.63, 3.8) is 0 Å². The largest absolute Gasteiger partial charge is 0.465 e. The van der Waals surface area contributed by atoms with Crippen LogP contribution in [0.5, 0.6) is 0 Å². The first-order valence-corrected chi connectivity index (χ1v) is 2.68. The summed E-state index contributed by atoms with van der Waals surface area (Å²) in [5, 5.41) is 9.84. The van der Waals surface area contributed by atoms with Gasteiger partial charge in [0.05, 0.1) is 6.54 Å². The summed E-state index contributed by atoms with van der Waals surface area (Å²) in [5.74, 6) is -0.565. The van der Waals surface area contributed by atoms with E-state index in [1.165, 1.54) is 0 Å². The zero-order valence-corrected chi connectivity index (χ0v) is 5.30. The van der Waals surface area contributed by atoms with E-state index in [0.717, 1.165) is 6.08 Å². The van der Waals surface area contributed by atoms with Gasteiger partial charge in [-0.05, 0) is 6.08 Å². The first kappa shape index (κ1) is 8.90. The van der Waals surface area contributed by atoms with Gasteiger partial charge in [0.1, 0.15) is 5.83 Å². The number of amides is 1. The molecule has 0 fully saturated rings. The van der Waals surface area contributed by atoms with E-state index in [1.807, 2.05) is 5.32 Å². The van der Waals surface area contributed by atoms with Crippen LogP contribution in [0.3, 0.4) is 0 Å². The molecule has 4 nitrogen and oxygen atoms in total. The first-order chi connectivity index (χ1) is 4.66. The van der Waals surface area contributed by atoms with E-state index >= 15 is 0 Å². The van der Waals surface area contributed by atoms with Crippen molar-refractivity contribution in [1.29, 1.82) is 0 Å². The summed E-state index contributed by atoms with van der Waals surface area (Å²) in [6.07, 6.45) is -0.142. The molecule has 58 valence electrons. The molecule has 0 aromatic carbocycles. The third kappa shape index (κ3) is 5.04. The lowest BCUT2D eigenvalue weighted by Crippen LogP contribution is -2.22. The summed E-state index contributed by atoms with van der Waals surface area (Å²) in [6, 6.07) is 0. The molecule has 0 heterocycles. The third-order valence-electron chi connectivity index (χ3n) is 0.748. The predicted octanol–water partition coefficient (Wildman–Crippen LogP) is 0.0661. The van der Waals surface area contributed by atoms with Crippen LogP contribution in [-0.2, 0) is 0 Å². The lowest BCUT2D eigenvalue weighted by atomic mass is 10.4. The van der Waals surface area contributed by atoms with E-state index in [1.54, 1.807) is 0 Å². The van der Waals surface area contributed by atoms with Gasteiger partial charge in [-0.25, -0.2) is 9.18 Å². The van der Waals surface area contributed by atoms with Crippen LogP contribution >= 0.6 is 0 Å². The van der Waals surface area contributed by atoms with Gasteiger partial charge in [-0.15, -0.1) is 0 Å². The highest BCUT2D eigenvalue weighted by Gasteiger charge is 1.95. The molecule has 0 saturated heterocycles. The van der Waals surface area contributed by atoms with Crippen molar-refractivity contribution in [2.75, 3.05) is 13.1 Å². The lowest BCUT2D eigenvalue weighted by Gasteiger charge is -1.95. The Balaban J connectivity index is 3.48. The van der Waals surface area contributed by atoms with Crippen LogP contribution in [0, 0.1) is 0 Å². The van der Waals surface area contributed by atoms with Crippen molar-refractivity contribution in [3.05, 3.63) is 11.9 Å². The second-order valence-electron chi connectivity index (χ2n) is 1.55. The molecular formula is C5H9FN2O2. The van der Waals surface area contributed by atoms with Crippen molar-refractivity contribution in [2.24, 2.45) is 5.73 Å². The number of nitrogens with one attached hydrogen (secondary N) is 1. The fourth-order valence-corrected chi connectivity index (χ4v) is 0.360. The van der Waals surface area contributed by atoms with Gasteiger partial charge in [0, 0.05) is 6.54 Å². The van der Waals surface area contributed by atoms with E-state index in [-0.39, 0.29) is 13.1 Å². The van der Waals surface area contributed by atoms with Gasteiger partial charge < -0.3 is 16.2 Å². The number of carbonyl (C=O) groups is 1. The molecule has 0 aliphatic carbocycles. The van der Waals surface area contributed by atoms with Gasteiger partial charge in [-0.3, -0.25) is 0 Å². The second kappa shape index (κ2) is 4.75. The SMILES string of the molecule is NCC=C(F)CNC(=O)O. The average molecular weight is 148 g/mol. The Hall–Kier alpha value is -1.10. The number of hydrogen-bond acceptors (Lipinski definition) is 2. The number of hydrogen-bond donors (Lipinski definition) is 3. The molecular weight excluding hydrogens is 139 g/mol. The second-order valence-corrected chi connectivity index (χ2v) is 1.55. The molecule has 0 aliphatic heterocycles. The molecule has 1 amide bonds. The highest BCUT2D eigenvalue weighted by Crippen LogP contribution is 1.90. The zero-order valence-electron chi connectivity index (χ0n) is 5.30. The lowest BCUT2D eigenvalue weighted by molar-refractivity contribution is 0.194. The van der Waals surface area contributed by atoms with Crippen LogP contribution in [0.1, 0.15) is 0 Å². The van der Waals surface area contributed by atoms with Gasteiger partial charge in [-0.1, -0.05) is 0 Å². The van der Waals surface area contributed by atoms with Crippen LogP contribution < -0.4 is 11.1 Å². The van der Waals surface area contributed by atoms with Gasteiger partial charge >= 0.3 is 6.09 Å². The Kier molecular flexibility index (Phi) is 4.23. The van der Waals surface area contributed by atoms with Gasteiger partial charge in [0.2, 0.25) is 0 Å².